The van der Waals surface area contributed by atoms with Crippen LogP contribution in [-0.2, 0) is 6.42 Å². The summed E-state index contributed by atoms with van der Waals surface area (Å²) < 4.78 is 0. The molecule has 4 rings (SSSR count). The van der Waals surface area contributed by atoms with E-state index in [4.69, 9.17) is 28.9 Å². The van der Waals surface area contributed by atoms with E-state index in [2.05, 4.69) is 48.5 Å². The molecule has 1 nitrogen and oxygen atoms in total. The van der Waals surface area contributed by atoms with Crippen LogP contribution < -0.4 is 5.73 Å². The normalized spacial score (nSPS) is 12.2. The molecule has 3 heteroatoms. The van der Waals surface area contributed by atoms with Crippen molar-refractivity contribution in [3.8, 4) is 11.1 Å². The molecule has 0 aliphatic rings. The largest absolute Gasteiger partial charge is 0.324 e. The van der Waals surface area contributed by atoms with Gasteiger partial charge in [0.15, 0.2) is 0 Å². The van der Waals surface area contributed by atoms with Crippen molar-refractivity contribution in [2.24, 2.45) is 5.73 Å². The number of rotatable bonds is 5. The fourth-order valence-corrected chi connectivity index (χ4v) is 4.04. The summed E-state index contributed by atoms with van der Waals surface area (Å²) in [5.74, 6) is 0. The van der Waals surface area contributed by atoms with Gasteiger partial charge in [0.25, 0.3) is 0 Å². The van der Waals surface area contributed by atoms with Crippen molar-refractivity contribution in [3.05, 3.63) is 106 Å². The first-order chi connectivity index (χ1) is 13.6. The molecule has 1 unspecified atom stereocenters. The van der Waals surface area contributed by atoms with Gasteiger partial charge in [-0.3, -0.25) is 0 Å². The molecule has 0 fully saturated rings. The van der Waals surface area contributed by atoms with E-state index in [0.29, 0.717) is 10.0 Å². The second kappa shape index (κ2) is 8.36. The Morgan fingerprint density at radius 1 is 0.750 bits per heavy atom. The summed E-state index contributed by atoms with van der Waals surface area (Å²) in [4.78, 5) is 0. The summed E-state index contributed by atoms with van der Waals surface area (Å²) in [6.07, 6.45) is 1.77. The van der Waals surface area contributed by atoms with Gasteiger partial charge in [-0.1, -0.05) is 102 Å². The number of halogens is 2. The molecule has 0 saturated heterocycles. The average Bonchev–Trinajstić information content (AvgIpc) is 2.74. The van der Waals surface area contributed by atoms with E-state index >= 15 is 0 Å². The van der Waals surface area contributed by atoms with Crippen LogP contribution in [0.2, 0.25) is 10.0 Å². The lowest BCUT2D eigenvalue weighted by molar-refractivity contribution is 0.652. The number of hydrogen-bond acceptors (Lipinski definition) is 1. The molecule has 4 aromatic carbocycles. The molecule has 0 spiro atoms. The molecule has 4 aromatic rings. The molecule has 0 heterocycles. The lowest BCUT2D eigenvalue weighted by Crippen LogP contribution is -2.11. The summed E-state index contributed by atoms with van der Waals surface area (Å²) >= 11 is 12.8. The Kier molecular flexibility index (Phi) is 5.68. The SMILES string of the molecule is NC(CCc1cc(-c2cccc(Cl)c2Cl)c2ccccc2c1)c1ccccc1. The van der Waals surface area contributed by atoms with Gasteiger partial charge < -0.3 is 5.73 Å². The lowest BCUT2D eigenvalue weighted by atomic mass is 9.92. The molecule has 0 bridgehead atoms. The Balaban J connectivity index is 1.71. The zero-order valence-electron chi connectivity index (χ0n) is 15.4. The number of nitrogens with two attached hydrogens (primary N) is 1. The van der Waals surface area contributed by atoms with E-state index in [0.717, 1.165) is 24.0 Å². The number of hydrogen-bond donors (Lipinski definition) is 1. The van der Waals surface area contributed by atoms with Crippen LogP contribution in [0.1, 0.15) is 23.6 Å². The van der Waals surface area contributed by atoms with Crippen LogP contribution in [0.5, 0.6) is 0 Å². The van der Waals surface area contributed by atoms with Crippen molar-refractivity contribution >= 4 is 34.0 Å². The molecule has 0 aliphatic carbocycles. The topological polar surface area (TPSA) is 26.0 Å². The molecule has 2 N–H and O–H groups in total. The third kappa shape index (κ3) is 3.93. The summed E-state index contributed by atoms with van der Waals surface area (Å²) in [7, 11) is 0. The minimum absolute atomic E-state index is 0.0193. The van der Waals surface area contributed by atoms with Gasteiger partial charge in [-0.15, -0.1) is 0 Å². The van der Waals surface area contributed by atoms with Gasteiger partial charge in [-0.05, 0) is 46.4 Å². The van der Waals surface area contributed by atoms with E-state index in [-0.39, 0.29) is 6.04 Å². The predicted octanol–water partition coefficient (Wildman–Crippen LogP) is 7.45. The smallest absolute Gasteiger partial charge is 0.0670 e. The molecule has 140 valence electrons. The first kappa shape index (κ1) is 19.0. The Morgan fingerprint density at radius 2 is 1.50 bits per heavy atom. The van der Waals surface area contributed by atoms with Crippen LogP contribution in [0.3, 0.4) is 0 Å². The Morgan fingerprint density at radius 3 is 2.32 bits per heavy atom. The minimum atomic E-state index is 0.0193. The Hall–Kier alpha value is -2.32. The molecule has 1 atom stereocenters. The quantitative estimate of drug-likeness (QED) is 0.366. The molecule has 0 aromatic heterocycles. The van der Waals surface area contributed by atoms with Gasteiger partial charge in [0, 0.05) is 11.6 Å². The maximum Gasteiger partial charge on any atom is 0.0670 e. The van der Waals surface area contributed by atoms with Crippen LogP contribution in [0.25, 0.3) is 21.9 Å². The van der Waals surface area contributed by atoms with Crippen molar-refractivity contribution in [2.75, 3.05) is 0 Å². The first-order valence-corrected chi connectivity index (χ1v) is 10.2. The number of fused-ring (bicyclic) bond motifs is 1. The lowest BCUT2D eigenvalue weighted by Gasteiger charge is -2.15. The van der Waals surface area contributed by atoms with Crippen LogP contribution in [0, 0.1) is 0 Å². The van der Waals surface area contributed by atoms with Crippen molar-refractivity contribution in [2.45, 2.75) is 18.9 Å². The molecule has 28 heavy (non-hydrogen) atoms. The second-order valence-electron chi connectivity index (χ2n) is 7.02. The predicted molar refractivity (Wildman–Crippen MR) is 121 cm³/mol. The van der Waals surface area contributed by atoms with E-state index in [1.165, 1.54) is 21.9 Å². The molecule has 0 aliphatic heterocycles. The van der Waals surface area contributed by atoms with Gasteiger partial charge in [0.05, 0.1) is 10.0 Å². The van der Waals surface area contributed by atoms with E-state index in [9.17, 15) is 0 Å². The van der Waals surface area contributed by atoms with Gasteiger partial charge in [-0.25, -0.2) is 0 Å². The highest BCUT2D eigenvalue weighted by molar-refractivity contribution is 6.44. The zero-order chi connectivity index (χ0) is 19.5. The summed E-state index contributed by atoms with van der Waals surface area (Å²) in [5, 5.41) is 3.52. The molecular formula is C25H21Cl2N. The molecule has 0 saturated carbocycles. The van der Waals surface area contributed by atoms with Crippen LogP contribution in [-0.4, -0.2) is 0 Å². The fourth-order valence-electron chi connectivity index (χ4n) is 3.64. The van der Waals surface area contributed by atoms with Gasteiger partial charge in [-0.2, -0.15) is 0 Å². The monoisotopic (exact) mass is 405 g/mol. The minimum Gasteiger partial charge on any atom is -0.324 e. The van der Waals surface area contributed by atoms with Crippen LogP contribution in [0.15, 0.2) is 84.9 Å². The van der Waals surface area contributed by atoms with Crippen molar-refractivity contribution in [1.82, 2.24) is 0 Å². The van der Waals surface area contributed by atoms with Crippen molar-refractivity contribution in [1.29, 1.82) is 0 Å². The maximum atomic E-state index is 6.54. The highest BCUT2D eigenvalue weighted by atomic mass is 35.5. The number of aryl methyl sites for hydroxylation is 1. The maximum absolute atomic E-state index is 6.54. The molecule has 0 amide bonds. The first-order valence-electron chi connectivity index (χ1n) is 9.40. The average molecular weight is 406 g/mol. The Bertz CT molecular complexity index is 1110. The number of benzene rings is 4. The van der Waals surface area contributed by atoms with Crippen LogP contribution >= 0.6 is 23.2 Å². The van der Waals surface area contributed by atoms with Crippen molar-refractivity contribution < 1.29 is 0 Å². The highest BCUT2D eigenvalue weighted by Crippen LogP contribution is 2.38. The standard InChI is InChI=1S/C25H21Cl2N/c26-23-12-6-11-21(25(23)27)22-16-17(15-19-9-4-5-10-20(19)22)13-14-24(28)18-7-2-1-3-8-18/h1-12,15-16,24H,13-14,28H2. The summed E-state index contributed by atoms with van der Waals surface area (Å²) in [6.45, 7) is 0. The molecule has 0 radical (unpaired) electrons. The second-order valence-corrected chi connectivity index (χ2v) is 7.81. The highest BCUT2D eigenvalue weighted by Gasteiger charge is 2.13. The van der Waals surface area contributed by atoms with Crippen LogP contribution in [0.4, 0.5) is 0 Å². The summed E-state index contributed by atoms with van der Waals surface area (Å²) in [6, 6.07) is 28.9. The third-order valence-corrected chi connectivity index (χ3v) is 5.95. The third-order valence-electron chi connectivity index (χ3n) is 5.14. The molecular weight excluding hydrogens is 385 g/mol. The van der Waals surface area contributed by atoms with E-state index in [1.54, 1.807) is 0 Å². The van der Waals surface area contributed by atoms with E-state index in [1.807, 2.05) is 36.4 Å². The van der Waals surface area contributed by atoms with Crippen molar-refractivity contribution in [3.63, 3.8) is 0 Å². The Labute approximate surface area is 175 Å². The van der Waals surface area contributed by atoms with Gasteiger partial charge in [0.2, 0.25) is 0 Å². The fraction of sp³-hybridized carbons (Fsp3) is 0.120. The van der Waals surface area contributed by atoms with Gasteiger partial charge >= 0.3 is 0 Å². The zero-order valence-corrected chi connectivity index (χ0v) is 16.9. The van der Waals surface area contributed by atoms with E-state index < -0.39 is 0 Å². The van der Waals surface area contributed by atoms with Gasteiger partial charge in [0.1, 0.15) is 0 Å². The summed E-state index contributed by atoms with van der Waals surface area (Å²) in [5.41, 5.74) is 10.9.